The van der Waals surface area contributed by atoms with E-state index in [0.29, 0.717) is 17.6 Å². The molecule has 0 spiro atoms. The number of likely N-dealkylation sites (tertiary alicyclic amines) is 1. The number of fused-ring (bicyclic) bond motifs is 1. The largest absolute Gasteiger partial charge is 0.380 e. The molecule has 1 saturated heterocycles. The van der Waals surface area contributed by atoms with E-state index in [2.05, 4.69) is 33.8 Å². The van der Waals surface area contributed by atoms with Gasteiger partial charge in [-0.1, -0.05) is 41.9 Å². The smallest absolute Gasteiger partial charge is 0.317 e. The van der Waals surface area contributed by atoms with Gasteiger partial charge in [0.2, 0.25) is 0 Å². The molecule has 146 valence electrons. The van der Waals surface area contributed by atoms with Crippen molar-refractivity contribution < 1.29 is 4.79 Å². The SMILES string of the molecule is CCNC(=O)N1CCC(Nc2cc(Cl)cc3cc(-c4ccccc4)[nH]c23)CC1. The summed E-state index contributed by atoms with van der Waals surface area (Å²) in [6.45, 7) is 4.12. The summed E-state index contributed by atoms with van der Waals surface area (Å²) in [7, 11) is 0. The molecule has 2 heterocycles. The first-order valence-electron chi connectivity index (χ1n) is 9.81. The normalized spacial score (nSPS) is 15.0. The summed E-state index contributed by atoms with van der Waals surface area (Å²) in [4.78, 5) is 17.4. The van der Waals surface area contributed by atoms with Gasteiger partial charge in [-0.15, -0.1) is 0 Å². The average Bonchev–Trinajstić information content (AvgIpc) is 3.13. The van der Waals surface area contributed by atoms with E-state index in [-0.39, 0.29) is 6.03 Å². The van der Waals surface area contributed by atoms with Gasteiger partial charge in [0.15, 0.2) is 0 Å². The third-order valence-electron chi connectivity index (χ3n) is 5.25. The summed E-state index contributed by atoms with van der Waals surface area (Å²) < 4.78 is 0. The van der Waals surface area contributed by atoms with Gasteiger partial charge in [-0.3, -0.25) is 0 Å². The Balaban J connectivity index is 1.53. The van der Waals surface area contributed by atoms with E-state index in [4.69, 9.17) is 11.6 Å². The van der Waals surface area contributed by atoms with Crippen molar-refractivity contribution in [2.75, 3.05) is 25.0 Å². The van der Waals surface area contributed by atoms with Gasteiger partial charge >= 0.3 is 6.03 Å². The van der Waals surface area contributed by atoms with Crippen molar-refractivity contribution in [3.63, 3.8) is 0 Å². The van der Waals surface area contributed by atoms with Gasteiger partial charge in [-0.05, 0) is 43.5 Å². The van der Waals surface area contributed by atoms with Crippen LogP contribution in [0.25, 0.3) is 22.2 Å². The number of H-pyrrole nitrogens is 1. The van der Waals surface area contributed by atoms with Crippen molar-refractivity contribution in [2.45, 2.75) is 25.8 Å². The van der Waals surface area contributed by atoms with E-state index in [1.165, 1.54) is 0 Å². The van der Waals surface area contributed by atoms with Gasteiger partial charge in [-0.2, -0.15) is 0 Å². The minimum atomic E-state index is 0.0305. The molecular weight excluding hydrogens is 372 g/mol. The number of hydrogen-bond donors (Lipinski definition) is 3. The zero-order chi connectivity index (χ0) is 19.5. The molecule has 4 rings (SSSR count). The van der Waals surface area contributed by atoms with Gasteiger partial charge in [0.1, 0.15) is 0 Å². The Bertz CT molecular complexity index is 961. The number of nitrogens with one attached hydrogen (secondary N) is 3. The molecule has 1 fully saturated rings. The number of carbonyl (C=O) groups is 1. The highest BCUT2D eigenvalue weighted by Crippen LogP contribution is 2.33. The van der Waals surface area contributed by atoms with Gasteiger partial charge < -0.3 is 20.5 Å². The second-order valence-electron chi connectivity index (χ2n) is 7.21. The molecule has 1 aromatic heterocycles. The molecule has 0 atom stereocenters. The molecule has 6 heteroatoms. The average molecular weight is 397 g/mol. The second kappa shape index (κ2) is 8.15. The topological polar surface area (TPSA) is 60.2 Å². The van der Waals surface area contributed by atoms with E-state index in [1.807, 2.05) is 42.2 Å². The van der Waals surface area contributed by atoms with Gasteiger partial charge in [0.25, 0.3) is 0 Å². The van der Waals surface area contributed by atoms with Crippen molar-refractivity contribution in [3.05, 3.63) is 53.6 Å². The molecule has 0 aliphatic carbocycles. The van der Waals surface area contributed by atoms with Crippen LogP contribution in [0, 0.1) is 0 Å². The first-order chi connectivity index (χ1) is 13.6. The maximum atomic E-state index is 12.0. The van der Waals surface area contributed by atoms with Crippen LogP contribution in [0.1, 0.15) is 19.8 Å². The summed E-state index contributed by atoms with van der Waals surface area (Å²) in [5.41, 5.74) is 4.30. The zero-order valence-corrected chi connectivity index (χ0v) is 16.7. The number of urea groups is 1. The van der Waals surface area contributed by atoms with Crippen molar-refractivity contribution in [1.82, 2.24) is 15.2 Å². The van der Waals surface area contributed by atoms with Gasteiger partial charge in [0, 0.05) is 41.8 Å². The standard InChI is InChI=1S/C22H25ClN4O/c1-2-24-22(28)27-10-8-18(9-11-27)25-20-14-17(23)12-16-13-19(26-21(16)20)15-6-4-3-5-7-15/h3-7,12-14,18,25-26H,2,8-11H2,1H3,(H,24,28). The lowest BCUT2D eigenvalue weighted by Gasteiger charge is -2.33. The molecule has 2 aromatic carbocycles. The van der Waals surface area contributed by atoms with Crippen LogP contribution in [-0.4, -0.2) is 41.6 Å². The number of amides is 2. The summed E-state index contributed by atoms with van der Waals surface area (Å²) in [6.07, 6.45) is 1.83. The van der Waals surface area contributed by atoms with Crippen LogP contribution in [0.2, 0.25) is 5.02 Å². The fourth-order valence-corrected chi connectivity index (χ4v) is 4.03. The Morgan fingerprint density at radius 2 is 1.93 bits per heavy atom. The molecule has 28 heavy (non-hydrogen) atoms. The quantitative estimate of drug-likeness (QED) is 0.575. The van der Waals surface area contributed by atoms with E-state index in [0.717, 1.165) is 53.8 Å². The summed E-state index contributed by atoms with van der Waals surface area (Å²) in [6, 6.07) is 16.7. The van der Waals surface area contributed by atoms with Crippen LogP contribution < -0.4 is 10.6 Å². The monoisotopic (exact) mass is 396 g/mol. The molecule has 0 bridgehead atoms. The molecule has 3 N–H and O–H groups in total. The number of benzene rings is 2. The molecular formula is C22H25ClN4O. The summed E-state index contributed by atoms with van der Waals surface area (Å²) >= 11 is 6.38. The first kappa shape index (κ1) is 18.7. The molecule has 0 saturated carbocycles. The molecule has 3 aromatic rings. The third kappa shape index (κ3) is 3.94. The van der Waals surface area contributed by atoms with Crippen LogP contribution in [0.15, 0.2) is 48.5 Å². The minimum absolute atomic E-state index is 0.0305. The molecule has 0 radical (unpaired) electrons. The van der Waals surface area contributed by atoms with Crippen LogP contribution in [-0.2, 0) is 0 Å². The van der Waals surface area contributed by atoms with E-state index in [9.17, 15) is 4.79 Å². The van der Waals surface area contributed by atoms with Crippen molar-refractivity contribution in [1.29, 1.82) is 0 Å². The Morgan fingerprint density at radius 1 is 1.18 bits per heavy atom. The Kier molecular flexibility index (Phi) is 5.44. The predicted octanol–water partition coefficient (Wildman–Crippen LogP) is 5.09. The van der Waals surface area contributed by atoms with Crippen LogP contribution in [0.5, 0.6) is 0 Å². The number of anilines is 1. The number of piperidine rings is 1. The number of halogens is 1. The van der Waals surface area contributed by atoms with Crippen LogP contribution in [0.4, 0.5) is 10.5 Å². The third-order valence-corrected chi connectivity index (χ3v) is 5.47. The maximum Gasteiger partial charge on any atom is 0.317 e. The number of hydrogen-bond acceptors (Lipinski definition) is 2. The zero-order valence-electron chi connectivity index (χ0n) is 16.0. The predicted molar refractivity (Wildman–Crippen MR) is 116 cm³/mol. The number of rotatable bonds is 4. The molecule has 1 aliphatic heterocycles. The summed E-state index contributed by atoms with van der Waals surface area (Å²) in [5.74, 6) is 0. The second-order valence-corrected chi connectivity index (χ2v) is 7.64. The van der Waals surface area contributed by atoms with Crippen LogP contribution >= 0.6 is 11.6 Å². The number of carbonyl (C=O) groups excluding carboxylic acids is 1. The number of aromatic nitrogens is 1. The lowest BCUT2D eigenvalue weighted by molar-refractivity contribution is 0.184. The highest BCUT2D eigenvalue weighted by atomic mass is 35.5. The lowest BCUT2D eigenvalue weighted by atomic mass is 10.0. The minimum Gasteiger partial charge on any atom is -0.380 e. The maximum absolute atomic E-state index is 12.0. The van der Waals surface area contributed by atoms with Crippen molar-refractivity contribution in [3.8, 4) is 11.3 Å². The molecule has 2 amide bonds. The lowest BCUT2D eigenvalue weighted by Crippen LogP contribution is -2.46. The van der Waals surface area contributed by atoms with E-state index in [1.54, 1.807) is 0 Å². The molecule has 1 aliphatic rings. The molecule has 0 unspecified atom stereocenters. The number of aromatic amines is 1. The fourth-order valence-electron chi connectivity index (χ4n) is 3.80. The number of nitrogens with zero attached hydrogens (tertiary/aromatic N) is 1. The Labute approximate surface area is 170 Å². The Morgan fingerprint density at radius 3 is 2.64 bits per heavy atom. The highest BCUT2D eigenvalue weighted by Gasteiger charge is 2.23. The van der Waals surface area contributed by atoms with E-state index >= 15 is 0 Å². The first-order valence-corrected chi connectivity index (χ1v) is 10.2. The van der Waals surface area contributed by atoms with Crippen molar-refractivity contribution >= 4 is 34.2 Å². The summed E-state index contributed by atoms with van der Waals surface area (Å²) in [5, 5.41) is 8.33. The van der Waals surface area contributed by atoms with Gasteiger partial charge in [-0.25, -0.2) is 4.79 Å². The fraction of sp³-hybridized carbons (Fsp3) is 0.318. The van der Waals surface area contributed by atoms with Crippen molar-refractivity contribution in [2.24, 2.45) is 0 Å². The van der Waals surface area contributed by atoms with Crippen LogP contribution in [0.3, 0.4) is 0 Å². The Hall–Kier alpha value is -2.66. The van der Waals surface area contributed by atoms with Gasteiger partial charge in [0.05, 0.1) is 11.2 Å². The van der Waals surface area contributed by atoms with E-state index < -0.39 is 0 Å². The molecule has 5 nitrogen and oxygen atoms in total. The highest BCUT2D eigenvalue weighted by molar-refractivity contribution is 6.32.